The molecule has 0 aromatic heterocycles. The lowest BCUT2D eigenvalue weighted by atomic mass is 9.82. The van der Waals surface area contributed by atoms with E-state index in [1.807, 2.05) is 33.8 Å². The van der Waals surface area contributed by atoms with Gasteiger partial charge in [0.15, 0.2) is 5.78 Å². The smallest absolute Gasteiger partial charge is 0.329 e. The molecule has 11 nitrogen and oxygen atoms in total. The van der Waals surface area contributed by atoms with Crippen LogP contribution in [0, 0.1) is 29.6 Å². The Balaban J connectivity index is 1.76. The molecule has 4 aliphatic rings. The summed E-state index contributed by atoms with van der Waals surface area (Å²) in [6.07, 6.45) is 10.7. The highest BCUT2D eigenvalue weighted by molar-refractivity contribution is 6.39. The topological polar surface area (TPSA) is 138 Å². The number of piperidine rings is 1. The molecule has 12 heteroatoms. The average molecular weight is 792 g/mol. The van der Waals surface area contributed by atoms with Crippen LogP contribution in [0.25, 0.3) is 0 Å². The number of nitrogens with zero attached hydrogens (tertiary/aromatic N) is 1. The summed E-state index contributed by atoms with van der Waals surface area (Å²) in [6.45, 7) is 11.7. The minimum absolute atomic E-state index is 0.0356. The number of aliphatic hydroxyl groups is 1. The molecule has 3 aliphatic heterocycles. The van der Waals surface area contributed by atoms with Gasteiger partial charge in [-0.2, -0.15) is 0 Å². The maximum absolute atomic E-state index is 14.2. The number of hydrogen-bond donors (Lipinski definition) is 1. The Morgan fingerprint density at radius 3 is 2.31 bits per heavy atom. The second-order valence-electron chi connectivity index (χ2n) is 16.6. The van der Waals surface area contributed by atoms with Gasteiger partial charge in [-0.1, -0.05) is 51.5 Å². The zero-order valence-electron chi connectivity index (χ0n) is 34.5. The van der Waals surface area contributed by atoms with E-state index in [9.17, 15) is 24.3 Å². The van der Waals surface area contributed by atoms with Gasteiger partial charge in [0.2, 0.25) is 5.79 Å². The molecule has 310 valence electrons. The lowest BCUT2D eigenvalue weighted by Crippen LogP contribution is -2.64. The van der Waals surface area contributed by atoms with Gasteiger partial charge in [-0.25, -0.2) is 4.79 Å². The summed E-state index contributed by atoms with van der Waals surface area (Å²) in [4.78, 5) is 57.5. The van der Waals surface area contributed by atoms with Crippen LogP contribution < -0.4 is 0 Å². The Hall–Kier alpha value is -2.41. The van der Waals surface area contributed by atoms with Crippen LogP contribution in [0.4, 0.5) is 0 Å². The highest BCUT2D eigenvalue weighted by Gasteiger charge is 2.56. The van der Waals surface area contributed by atoms with Gasteiger partial charge in [0.05, 0.1) is 23.7 Å². The first kappa shape index (κ1) is 45.3. The summed E-state index contributed by atoms with van der Waals surface area (Å²) < 4.78 is 30.0. The maximum Gasteiger partial charge on any atom is 0.329 e. The van der Waals surface area contributed by atoms with Crippen LogP contribution >= 0.6 is 11.6 Å². The fourth-order valence-corrected chi connectivity index (χ4v) is 9.38. The van der Waals surface area contributed by atoms with E-state index in [0.29, 0.717) is 38.5 Å². The van der Waals surface area contributed by atoms with Crippen molar-refractivity contribution in [3.8, 4) is 0 Å². The van der Waals surface area contributed by atoms with Crippen molar-refractivity contribution in [1.29, 1.82) is 0 Å². The lowest BCUT2D eigenvalue weighted by Gasteiger charge is -2.47. The molecule has 13 atom stereocenters. The van der Waals surface area contributed by atoms with E-state index in [-0.39, 0.29) is 48.0 Å². The molecule has 0 aromatic carbocycles. The molecule has 1 saturated carbocycles. The summed E-state index contributed by atoms with van der Waals surface area (Å²) in [5, 5.41) is 11.9. The third kappa shape index (κ3) is 11.0. The van der Waals surface area contributed by atoms with Crippen LogP contribution in [0.15, 0.2) is 35.5 Å². The number of cyclic esters (lactones) is 1. The van der Waals surface area contributed by atoms with Crippen molar-refractivity contribution in [3.05, 3.63) is 35.5 Å². The molecule has 1 amide bonds. The van der Waals surface area contributed by atoms with Gasteiger partial charge in [-0.15, -0.1) is 11.6 Å². The third-order valence-corrected chi connectivity index (χ3v) is 12.8. The molecule has 0 spiro atoms. The minimum atomic E-state index is -2.46. The minimum Gasteiger partial charge on any atom is -0.456 e. The molecule has 0 unspecified atom stereocenters. The van der Waals surface area contributed by atoms with Crippen LogP contribution in [0.3, 0.4) is 0 Å². The SMILES string of the molecule is CC[C@@H]1/C=C(\C)C[C@H](C)C[C@H](OC)[C@H]2O[C@@](O)(C(=O)C(=O)N3CCCC[C@H]3C(=O)O[C@H](/C(C)=C/[C@@H]3CC[C@@H](Cl)[C@H](OC)C3)[C@H](C)/C=C/C1=O)[C@H](C)C[C@@H]2OC. The number of ether oxygens (including phenoxy) is 5. The van der Waals surface area contributed by atoms with Crippen molar-refractivity contribution in [2.24, 2.45) is 29.6 Å². The van der Waals surface area contributed by atoms with Crippen LogP contribution in [-0.2, 0) is 42.9 Å². The molecule has 2 saturated heterocycles. The summed E-state index contributed by atoms with van der Waals surface area (Å²) in [5.41, 5.74) is 1.87. The average Bonchev–Trinajstić information content (AvgIpc) is 3.17. The summed E-state index contributed by atoms with van der Waals surface area (Å²) >= 11 is 6.53. The van der Waals surface area contributed by atoms with E-state index >= 15 is 0 Å². The van der Waals surface area contributed by atoms with Gasteiger partial charge in [0, 0.05) is 45.6 Å². The van der Waals surface area contributed by atoms with Crippen LogP contribution in [0.1, 0.15) is 106 Å². The van der Waals surface area contributed by atoms with Crippen molar-refractivity contribution < 1.29 is 48.0 Å². The summed E-state index contributed by atoms with van der Waals surface area (Å²) in [7, 11) is 4.76. The van der Waals surface area contributed by atoms with Gasteiger partial charge in [-0.3, -0.25) is 14.4 Å². The van der Waals surface area contributed by atoms with Crippen molar-refractivity contribution in [2.75, 3.05) is 27.9 Å². The molecule has 2 bridgehead atoms. The van der Waals surface area contributed by atoms with E-state index < -0.39 is 65.7 Å². The molecule has 55 heavy (non-hydrogen) atoms. The van der Waals surface area contributed by atoms with E-state index in [0.717, 1.165) is 30.4 Å². The van der Waals surface area contributed by atoms with Crippen LogP contribution in [0.2, 0.25) is 0 Å². The van der Waals surface area contributed by atoms with Crippen molar-refractivity contribution in [3.63, 3.8) is 0 Å². The highest BCUT2D eigenvalue weighted by Crippen LogP contribution is 2.39. The molecule has 1 N–H and O–H groups in total. The number of ketones is 2. The Morgan fingerprint density at radius 2 is 1.65 bits per heavy atom. The molecule has 0 aromatic rings. The number of carbonyl (C=O) groups is 4. The van der Waals surface area contributed by atoms with E-state index in [1.54, 1.807) is 40.4 Å². The first-order valence-corrected chi connectivity index (χ1v) is 20.8. The monoisotopic (exact) mass is 791 g/mol. The summed E-state index contributed by atoms with van der Waals surface area (Å²) in [5.74, 6) is -6.55. The number of esters is 1. The molecule has 3 fully saturated rings. The molecule has 3 heterocycles. The van der Waals surface area contributed by atoms with Crippen LogP contribution in [0.5, 0.6) is 0 Å². The number of fused-ring (bicyclic) bond motifs is 3. The normalized spacial score (nSPS) is 41.0. The predicted octanol–water partition coefficient (Wildman–Crippen LogP) is 6.52. The number of hydrogen-bond acceptors (Lipinski definition) is 10. The Labute approximate surface area is 333 Å². The second-order valence-corrected chi connectivity index (χ2v) is 17.2. The third-order valence-electron chi connectivity index (χ3n) is 12.3. The number of carbonyl (C=O) groups excluding carboxylic acids is 4. The van der Waals surface area contributed by atoms with Gasteiger partial charge in [0.1, 0.15) is 18.2 Å². The number of halogens is 1. The van der Waals surface area contributed by atoms with Crippen molar-refractivity contribution in [2.45, 2.75) is 153 Å². The first-order chi connectivity index (χ1) is 26.1. The number of amides is 1. The van der Waals surface area contributed by atoms with Gasteiger partial charge < -0.3 is 33.7 Å². The number of alkyl halides is 1. The van der Waals surface area contributed by atoms with E-state index in [4.69, 9.17) is 35.3 Å². The number of allylic oxidation sites excluding steroid dienone is 4. The Bertz CT molecular complexity index is 1450. The summed E-state index contributed by atoms with van der Waals surface area (Å²) in [6, 6.07) is -1.05. The second kappa shape index (κ2) is 20.3. The van der Waals surface area contributed by atoms with Crippen LogP contribution in [-0.4, -0.2) is 109 Å². The molecule has 0 radical (unpaired) electrons. The zero-order valence-corrected chi connectivity index (χ0v) is 35.2. The fourth-order valence-electron chi connectivity index (χ4n) is 9.05. The van der Waals surface area contributed by atoms with E-state index in [1.165, 1.54) is 4.90 Å². The zero-order chi connectivity index (χ0) is 40.6. The number of methoxy groups -OCH3 is 3. The maximum atomic E-state index is 14.2. The van der Waals surface area contributed by atoms with Gasteiger partial charge in [-0.05, 0) is 102 Å². The first-order valence-electron chi connectivity index (χ1n) is 20.3. The highest BCUT2D eigenvalue weighted by atomic mass is 35.5. The fraction of sp³-hybridized carbons (Fsp3) is 0.767. The van der Waals surface area contributed by atoms with Gasteiger partial charge in [0.25, 0.3) is 11.7 Å². The Kier molecular flexibility index (Phi) is 16.7. The van der Waals surface area contributed by atoms with Crippen molar-refractivity contribution in [1.82, 2.24) is 4.90 Å². The lowest BCUT2D eigenvalue weighted by molar-refractivity contribution is -0.302. The predicted molar refractivity (Wildman–Crippen MR) is 210 cm³/mol. The molecule has 1 aliphatic carbocycles. The quantitative estimate of drug-likeness (QED) is 0.137. The van der Waals surface area contributed by atoms with Gasteiger partial charge >= 0.3 is 5.97 Å². The molecular formula is C43H66ClNO10. The number of Topliss-reactive ketones (excluding diaryl/α,β-unsaturated/α-hetero) is 1. The largest absolute Gasteiger partial charge is 0.456 e. The molecular weight excluding hydrogens is 726 g/mol. The molecule has 4 rings (SSSR count). The standard InChI is InChI=1S/C43H66ClNO10/c1-10-31-20-25(2)19-26(3)21-36(52-8)39-37(53-9)23-29(6)43(50,55-39)40(47)41(48)45-18-12-11-13-33(45)42(49)54-38(27(4)14-17-34(31)46)28(5)22-30-15-16-32(44)35(24-30)51-7/h14,17,20,22,26-27,29-33,35-39,50H,10-13,15-16,18-19,21,23-24H2,1-9H3/b17-14+,25-20+,28-22+/t26-,27+,29+,30-,31+,32+,33-,35+,36-,37-,38-,39+,43+/m0/s1. The van der Waals surface area contributed by atoms with E-state index in [2.05, 4.69) is 13.0 Å². The number of rotatable bonds is 6. The Morgan fingerprint density at radius 1 is 0.982 bits per heavy atom. The van der Waals surface area contributed by atoms with Crippen molar-refractivity contribution >= 4 is 35.0 Å².